The van der Waals surface area contributed by atoms with E-state index >= 15 is 0 Å². The van der Waals surface area contributed by atoms with Crippen LogP contribution in [0.25, 0.3) is 0 Å². The molecule has 0 radical (unpaired) electrons. The summed E-state index contributed by atoms with van der Waals surface area (Å²) >= 11 is 0. The molecule has 1 aliphatic rings. The van der Waals surface area contributed by atoms with Gasteiger partial charge in [0, 0.05) is 24.7 Å². The number of rotatable bonds is 9. The molecule has 1 N–H and O–H groups in total. The Hall–Kier alpha value is -3.53. The zero-order chi connectivity index (χ0) is 23.0. The number of carbonyl (C=O) groups is 1. The number of ether oxygens (including phenoxy) is 1. The number of aryl methyl sites for hydroxylation is 1. The van der Waals surface area contributed by atoms with Crippen molar-refractivity contribution in [3.8, 4) is 5.75 Å². The summed E-state index contributed by atoms with van der Waals surface area (Å²) < 4.78 is 5.96. The molecule has 0 bridgehead atoms. The predicted octanol–water partition coefficient (Wildman–Crippen LogP) is 6.35. The van der Waals surface area contributed by atoms with Crippen LogP contribution in [-0.4, -0.2) is 17.6 Å². The predicted molar refractivity (Wildman–Crippen MR) is 133 cm³/mol. The lowest BCUT2D eigenvalue weighted by molar-refractivity contribution is -0.137. The van der Waals surface area contributed by atoms with Crippen LogP contribution >= 0.6 is 0 Å². The van der Waals surface area contributed by atoms with Crippen LogP contribution in [0.3, 0.4) is 0 Å². The zero-order valence-corrected chi connectivity index (χ0v) is 19.1. The van der Waals surface area contributed by atoms with E-state index in [1.54, 1.807) is 0 Å². The number of allylic oxidation sites excluding steroid dienone is 2. The van der Waals surface area contributed by atoms with Gasteiger partial charge in [0.25, 0.3) is 0 Å². The molecule has 1 unspecified atom stereocenters. The minimum Gasteiger partial charge on any atom is -0.489 e. The van der Waals surface area contributed by atoms with E-state index in [2.05, 4.69) is 53.4 Å². The first-order chi connectivity index (χ1) is 16.1. The fraction of sp³-hybridized carbons (Fsp3) is 0.276. The van der Waals surface area contributed by atoms with E-state index in [1.165, 1.54) is 29.7 Å². The third-order valence-corrected chi connectivity index (χ3v) is 6.14. The van der Waals surface area contributed by atoms with Crippen molar-refractivity contribution in [2.45, 2.75) is 45.3 Å². The van der Waals surface area contributed by atoms with E-state index in [4.69, 9.17) is 9.84 Å². The van der Waals surface area contributed by atoms with E-state index in [0.29, 0.717) is 6.61 Å². The van der Waals surface area contributed by atoms with Crippen LogP contribution in [0.5, 0.6) is 5.75 Å². The second-order valence-electron chi connectivity index (χ2n) is 8.56. The molecule has 33 heavy (non-hydrogen) atoms. The van der Waals surface area contributed by atoms with Crippen LogP contribution < -0.4 is 9.64 Å². The number of hydrogen-bond acceptors (Lipinski definition) is 3. The van der Waals surface area contributed by atoms with Gasteiger partial charge >= 0.3 is 5.97 Å². The maximum atomic E-state index is 11.1. The van der Waals surface area contributed by atoms with Gasteiger partial charge in [0.2, 0.25) is 0 Å². The summed E-state index contributed by atoms with van der Waals surface area (Å²) in [7, 11) is 0. The van der Waals surface area contributed by atoms with Crippen molar-refractivity contribution >= 4 is 11.7 Å². The summed E-state index contributed by atoms with van der Waals surface area (Å²) in [5, 5.41) is 9.13. The number of aliphatic carboxylic acids is 1. The molecule has 0 aliphatic carbocycles. The van der Waals surface area contributed by atoms with Crippen molar-refractivity contribution in [2.24, 2.45) is 0 Å². The molecule has 0 fully saturated rings. The minimum atomic E-state index is -0.800. The molecule has 4 nitrogen and oxygen atoms in total. The van der Waals surface area contributed by atoms with E-state index in [-0.39, 0.29) is 12.3 Å². The third kappa shape index (κ3) is 6.04. The Bertz CT molecular complexity index is 1090. The molecule has 170 valence electrons. The standard InChI is InChI=1S/C29H31NO3/c1-2-6-26(19-29(31)32)24-14-16-27(17-15-24)33-21-23-12-10-22(11-13-23)20-30-18-5-8-25-7-3-4-9-28(25)30/h2-4,6-7,9-17,26H,5,8,18-21H2,1H3,(H,31,32). The number of fused-ring (bicyclic) bond motifs is 1. The van der Waals surface area contributed by atoms with Crippen LogP contribution in [0.4, 0.5) is 5.69 Å². The molecule has 3 aromatic carbocycles. The summed E-state index contributed by atoms with van der Waals surface area (Å²) in [4.78, 5) is 13.6. The van der Waals surface area contributed by atoms with Crippen LogP contribution in [-0.2, 0) is 24.4 Å². The Morgan fingerprint density at radius 3 is 2.48 bits per heavy atom. The number of hydrogen-bond donors (Lipinski definition) is 1. The molecular weight excluding hydrogens is 410 g/mol. The van der Waals surface area contributed by atoms with Gasteiger partial charge < -0.3 is 14.7 Å². The SMILES string of the molecule is CC=CC(CC(=O)O)c1ccc(OCc2ccc(CN3CCCc4ccccc43)cc2)cc1. The Balaban J connectivity index is 1.33. The molecule has 1 heterocycles. The Morgan fingerprint density at radius 2 is 1.76 bits per heavy atom. The molecule has 3 aromatic rings. The lowest BCUT2D eigenvalue weighted by Gasteiger charge is -2.31. The number of carboxylic acid groups (broad SMARTS) is 1. The number of nitrogens with zero attached hydrogens (tertiary/aromatic N) is 1. The van der Waals surface area contributed by atoms with Gasteiger partial charge in [-0.2, -0.15) is 0 Å². The topological polar surface area (TPSA) is 49.8 Å². The first-order valence-electron chi connectivity index (χ1n) is 11.6. The van der Waals surface area contributed by atoms with Gasteiger partial charge in [0.05, 0.1) is 6.42 Å². The molecule has 0 saturated heterocycles. The smallest absolute Gasteiger partial charge is 0.304 e. The van der Waals surface area contributed by atoms with Crippen molar-refractivity contribution < 1.29 is 14.6 Å². The van der Waals surface area contributed by atoms with E-state index in [9.17, 15) is 4.79 Å². The highest BCUT2D eigenvalue weighted by atomic mass is 16.5. The van der Waals surface area contributed by atoms with E-state index in [1.807, 2.05) is 43.3 Å². The molecule has 0 aromatic heterocycles. The third-order valence-electron chi connectivity index (χ3n) is 6.14. The maximum absolute atomic E-state index is 11.1. The number of para-hydroxylation sites is 1. The van der Waals surface area contributed by atoms with Gasteiger partial charge in [0.1, 0.15) is 12.4 Å². The highest BCUT2D eigenvalue weighted by Gasteiger charge is 2.16. The lowest BCUT2D eigenvalue weighted by Crippen LogP contribution is -2.28. The monoisotopic (exact) mass is 441 g/mol. The second-order valence-corrected chi connectivity index (χ2v) is 8.56. The average Bonchev–Trinajstić information content (AvgIpc) is 2.84. The van der Waals surface area contributed by atoms with Crippen LogP contribution in [0.15, 0.2) is 84.9 Å². The maximum Gasteiger partial charge on any atom is 0.304 e. The van der Waals surface area contributed by atoms with Crippen molar-refractivity contribution in [1.29, 1.82) is 0 Å². The van der Waals surface area contributed by atoms with Crippen molar-refractivity contribution in [3.63, 3.8) is 0 Å². The van der Waals surface area contributed by atoms with Crippen LogP contribution in [0.1, 0.15) is 47.9 Å². The summed E-state index contributed by atoms with van der Waals surface area (Å²) in [6, 6.07) is 25.1. The van der Waals surface area contributed by atoms with Crippen molar-refractivity contribution in [2.75, 3.05) is 11.4 Å². The first kappa shape index (κ1) is 22.7. The normalized spacial score (nSPS) is 14.2. The van der Waals surface area contributed by atoms with Gasteiger partial charge in [-0.15, -0.1) is 0 Å². The lowest BCUT2D eigenvalue weighted by atomic mass is 9.95. The van der Waals surface area contributed by atoms with Gasteiger partial charge in [-0.05, 0) is 60.2 Å². The minimum absolute atomic E-state index is 0.0832. The Kier molecular flexibility index (Phi) is 7.46. The second kappa shape index (κ2) is 10.9. The van der Waals surface area contributed by atoms with Gasteiger partial charge in [0.15, 0.2) is 0 Å². The summed E-state index contributed by atoms with van der Waals surface area (Å²) in [5.41, 5.74) is 6.21. The van der Waals surface area contributed by atoms with E-state index in [0.717, 1.165) is 30.0 Å². The van der Waals surface area contributed by atoms with Gasteiger partial charge in [-0.3, -0.25) is 4.79 Å². The quantitative estimate of drug-likeness (QED) is 0.393. The van der Waals surface area contributed by atoms with Gasteiger partial charge in [-0.25, -0.2) is 0 Å². The highest BCUT2D eigenvalue weighted by molar-refractivity contribution is 5.68. The fourth-order valence-corrected chi connectivity index (χ4v) is 4.43. The van der Waals surface area contributed by atoms with E-state index < -0.39 is 5.97 Å². The Morgan fingerprint density at radius 1 is 1.03 bits per heavy atom. The molecular formula is C29H31NO3. The van der Waals surface area contributed by atoms with Crippen LogP contribution in [0, 0.1) is 0 Å². The summed E-state index contributed by atoms with van der Waals surface area (Å²) in [6.07, 6.45) is 6.27. The molecule has 0 amide bonds. The van der Waals surface area contributed by atoms with Crippen molar-refractivity contribution in [1.82, 2.24) is 0 Å². The molecule has 0 saturated carbocycles. The Labute approximate surface area is 196 Å². The van der Waals surface area contributed by atoms with Crippen LogP contribution in [0.2, 0.25) is 0 Å². The number of carboxylic acids is 1. The van der Waals surface area contributed by atoms with Gasteiger partial charge in [-0.1, -0.05) is 66.7 Å². The molecule has 4 heteroatoms. The molecule has 1 aliphatic heterocycles. The van der Waals surface area contributed by atoms with Crippen molar-refractivity contribution in [3.05, 3.63) is 107 Å². The molecule has 4 rings (SSSR count). The first-order valence-corrected chi connectivity index (χ1v) is 11.6. The highest BCUT2D eigenvalue weighted by Crippen LogP contribution is 2.28. The molecule has 0 spiro atoms. The summed E-state index contributed by atoms with van der Waals surface area (Å²) in [6.45, 7) is 4.42. The summed E-state index contributed by atoms with van der Waals surface area (Å²) in [5.74, 6) is -0.144. The number of benzene rings is 3. The fourth-order valence-electron chi connectivity index (χ4n) is 4.43. The zero-order valence-electron chi connectivity index (χ0n) is 19.1. The average molecular weight is 442 g/mol. The largest absolute Gasteiger partial charge is 0.489 e. The number of anilines is 1. The molecule has 1 atom stereocenters.